The van der Waals surface area contributed by atoms with E-state index in [1.165, 1.54) is 42.3 Å². The molecule has 3 heteroatoms. The van der Waals surface area contributed by atoms with E-state index in [4.69, 9.17) is 0 Å². The summed E-state index contributed by atoms with van der Waals surface area (Å²) in [5.41, 5.74) is 0. The number of hydrogen-bond donors (Lipinski definition) is 0. The Balaban J connectivity index is 2.00. The van der Waals surface area contributed by atoms with Crippen molar-refractivity contribution in [1.29, 1.82) is 0 Å². The van der Waals surface area contributed by atoms with Gasteiger partial charge in [-0.2, -0.15) is 0 Å². The van der Waals surface area contributed by atoms with Gasteiger partial charge in [-0.15, -0.1) is 0 Å². The normalized spacial score (nSPS) is 24.0. The average Bonchev–Trinajstić information content (AvgIpc) is 2.05. The van der Waals surface area contributed by atoms with E-state index in [9.17, 15) is 0 Å². The van der Waals surface area contributed by atoms with Crippen LogP contribution in [0, 0.1) is 0 Å². The van der Waals surface area contributed by atoms with Gasteiger partial charge in [-0.05, 0) is 0 Å². The van der Waals surface area contributed by atoms with Crippen LogP contribution < -0.4 is 0 Å². The second-order valence-corrected chi connectivity index (χ2v) is 8.84. The maximum absolute atomic E-state index is 2.18. The van der Waals surface area contributed by atoms with Crippen molar-refractivity contribution in [3.8, 4) is 0 Å². The summed E-state index contributed by atoms with van der Waals surface area (Å²) < 4.78 is 3.20. The molecule has 0 bridgehead atoms. The minimum atomic E-state index is 0.432. The molecular weight excluding hydrogens is 300 g/mol. The van der Waals surface area contributed by atoms with Gasteiger partial charge in [-0.3, -0.25) is 0 Å². The van der Waals surface area contributed by atoms with Gasteiger partial charge < -0.3 is 0 Å². The summed E-state index contributed by atoms with van der Waals surface area (Å²) in [4.78, 5) is 0. The van der Waals surface area contributed by atoms with Crippen LogP contribution in [-0.4, -0.2) is 43.9 Å². The van der Waals surface area contributed by atoms with Crippen LogP contribution in [0.1, 0.15) is 19.3 Å². The molecule has 0 amide bonds. The first kappa shape index (κ1) is 11.6. The fraction of sp³-hybridized carbons (Fsp3) is 1.00. The van der Waals surface area contributed by atoms with Gasteiger partial charge in [0.2, 0.25) is 0 Å². The van der Waals surface area contributed by atoms with Crippen molar-refractivity contribution in [3.05, 3.63) is 0 Å². The van der Waals surface area contributed by atoms with Crippen LogP contribution in [-0.2, 0) is 0 Å². The van der Waals surface area contributed by atoms with Gasteiger partial charge in [0.15, 0.2) is 0 Å². The van der Waals surface area contributed by atoms with Crippen LogP contribution in [0.5, 0.6) is 0 Å². The fourth-order valence-corrected chi connectivity index (χ4v) is 6.79. The molecule has 1 aliphatic heterocycles. The Hall–Kier alpha value is 1.49. The first-order valence-electron chi connectivity index (χ1n) is 4.73. The van der Waals surface area contributed by atoms with Crippen LogP contribution in [0.2, 0.25) is 8.94 Å². The van der Waals surface area contributed by atoms with E-state index in [2.05, 4.69) is 23.5 Å². The molecule has 0 unspecified atom stereocenters. The van der Waals surface area contributed by atoms with Gasteiger partial charge in [0.25, 0.3) is 0 Å². The topological polar surface area (TPSA) is 0 Å². The third-order valence-corrected chi connectivity index (χ3v) is 7.34. The molecule has 1 heterocycles. The SMILES string of the molecule is C1CSCCC[Te]CCCSC1. The van der Waals surface area contributed by atoms with Gasteiger partial charge in [0.05, 0.1) is 0 Å². The summed E-state index contributed by atoms with van der Waals surface area (Å²) in [7, 11) is 0. The van der Waals surface area contributed by atoms with E-state index in [1.54, 1.807) is 8.94 Å². The number of rotatable bonds is 0. The Labute approximate surface area is 95.1 Å². The number of thioether (sulfide) groups is 2. The molecule has 12 heavy (non-hydrogen) atoms. The Morgan fingerprint density at radius 1 is 0.667 bits per heavy atom. The Morgan fingerprint density at radius 2 is 1.17 bits per heavy atom. The third kappa shape index (κ3) is 6.95. The van der Waals surface area contributed by atoms with Crippen molar-refractivity contribution < 1.29 is 0 Å². The predicted molar refractivity (Wildman–Crippen MR) is 63.9 cm³/mol. The molecule has 0 nitrogen and oxygen atoms in total. The van der Waals surface area contributed by atoms with Gasteiger partial charge >= 0.3 is 95.7 Å². The van der Waals surface area contributed by atoms with Gasteiger partial charge in [-0.1, -0.05) is 0 Å². The molecule has 1 saturated heterocycles. The summed E-state index contributed by atoms with van der Waals surface area (Å²) in [6.45, 7) is 0. The van der Waals surface area contributed by atoms with Crippen molar-refractivity contribution in [2.75, 3.05) is 23.0 Å². The van der Waals surface area contributed by atoms with E-state index in [0.29, 0.717) is 20.9 Å². The summed E-state index contributed by atoms with van der Waals surface area (Å²) in [6.07, 6.45) is 4.46. The maximum atomic E-state index is 2.18. The van der Waals surface area contributed by atoms with Crippen molar-refractivity contribution in [2.45, 2.75) is 28.2 Å². The van der Waals surface area contributed by atoms with E-state index in [1.807, 2.05) is 0 Å². The summed E-state index contributed by atoms with van der Waals surface area (Å²) in [6, 6.07) is 0. The molecular formula is C9H18S2Te. The van der Waals surface area contributed by atoms with E-state index >= 15 is 0 Å². The van der Waals surface area contributed by atoms with Gasteiger partial charge in [0, 0.05) is 0 Å². The van der Waals surface area contributed by atoms with Crippen LogP contribution >= 0.6 is 23.5 Å². The zero-order valence-corrected chi connectivity index (χ0v) is 11.6. The Morgan fingerprint density at radius 3 is 1.75 bits per heavy atom. The average molecular weight is 318 g/mol. The minimum absolute atomic E-state index is 0.432. The van der Waals surface area contributed by atoms with Crippen molar-refractivity contribution in [3.63, 3.8) is 0 Å². The van der Waals surface area contributed by atoms with Crippen LogP contribution in [0.3, 0.4) is 0 Å². The van der Waals surface area contributed by atoms with Gasteiger partial charge in [0.1, 0.15) is 0 Å². The molecule has 0 N–H and O–H groups in total. The molecule has 0 saturated carbocycles. The monoisotopic (exact) mass is 320 g/mol. The molecule has 0 atom stereocenters. The second-order valence-electron chi connectivity index (χ2n) is 2.90. The zero-order chi connectivity index (χ0) is 8.49. The molecule has 0 aliphatic carbocycles. The number of hydrogen-bond acceptors (Lipinski definition) is 2. The standard InChI is InChI=1S/C9H18S2Te/c1-4-10-6-2-8-12-9-3-7-11-5-1/h1-9H2. The van der Waals surface area contributed by atoms with Gasteiger partial charge in [-0.25, -0.2) is 0 Å². The zero-order valence-electron chi connectivity index (χ0n) is 7.59. The molecule has 0 radical (unpaired) electrons. The first-order valence-corrected chi connectivity index (χ1v) is 10.3. The fourth-order valence-electron chi connectivity index (χ4n) is 1.10. The molecule has 0 aromatic heterocycles. The van der Waals surface area contributed by atoms with Crippen molar-refractivity contribution in [1.82, 2.24) is 0 Å². The summed E-state index contributed by atoms with van der Waals surface area (Å²) >= 11 is 4.78. The predicted octanol–water partition coefficient (Wildman–Crippen LogP) is 3.18. The molecule has 0 spiro atoms. The summed E-state index contributed by atoms with van der Waals surface area (Å²) in [5, 5.41) is 0. The van der Waals surface area contributed by atoms with Crippen LogP contribution in [0.25, 0.3) is 0 Å². The molecule has 1 rings (SSSR count). The Bertz CT molecular complexity index is 55.5. The second kappa shape index (κ2) is 9.06. The molecule has 0 aromatic carbocycles. The molecule has 1 aliphatic rings. The molecule has 72 valence electrons. The Kier molecular flexibility index (Phi) is 8.73. The van der Waals surface area contributed by atoms with E-state index < -0.39 is 0 Å². The quantitative estimate of drug-likeness (QED) is 0.629. The first-order chi connectivity index (χ1) is 6.00. The van der Waals surface area contributed by atoms with E-state index in [0.717, 1.165) is 0 Å². The summed E-state index contributed by atoms with van der Waals surface area (Å²) in [5.74, 6) is 5.70. The molecule has 0 aromatic rings. The molecule has 1 fully saturated rings. The van der Waals surface area contributed by atoms with Crippen molar-refractivity contribution in [2.24, 2.45) is 0 Å². The third-order valence-electron chi connectivity index (χ3n) is 1.73. The van der Waals surface area contributed by atoms with Crippen molar-refractivity contribution >= 4 is 44.4 Å². The van der Waals surface area contributed by atoms with Crippen LogP contribution in [0.4, 0.5) is 0 Å². The van der Waals surface area contributed by atoms with E-state index in [-0.39, 0.29) is 0 Å². The van der Waals surface area contributed by atoms with Crippen LogP contribution in [0.15, 0.2) is 0 Å².